The van der Waals surface area contributed by atoms with E-state index in [1.807, 2.05) is 31.2 Å². The second-order valence-electron chi connectivity index (χ2n) is 3.79. The summed E-state index contributed by atoms with van der Waals surface area (Å²) in [5.74, 6) is 0.0363. The molecule has 0 saturated heterocycles. The zero-order valence-corrected chi connectivity index (χ0v) is 9.11. The number of hydrogen-bond acceptors (Lipinski definition) is 2. The normalized spacial score (nSPS) is 12.5. The smallest absolute Gasteiger partial charge is 0.0500 e. The average molecular weight is 206 g/mol. The Balaban J connectivity index is 2.81. The molecule has 82 valence electrons. The van der Waals surface area contributed by atoms with Crippen molar-refractivity contribution < 1.29 is 10.2 Å². The van der Waals surface area contributed by atoms with Crippen LogP contribution in [0.15, 0.2) is 30.8 Å². The lowest BCUT2D eigenvalue weighted by Gasteiger charge is -2.13. The molecule has 0 radical (unpaired) electrons. The predicted molar refractivity (Wildman–Crippen MR) is 62.7 cm³/mol. The van der Waals surface area contributed by atoms with Gasteiger partial charge in [0.25, 0.3) is 0 Å². The molecular formula is C13H18O2. The van der Waals surface area contributed by atoms with Gasteiger partial charge in [-0.05, 0) is 24.5 Å². The van der Waals surface area contributed by atoms with Crippen LogP contribution < -0.4 is 0 Å². The summed E-state index contributed by atoms with van der Waals surface area (Å²) in [6.45, 7) is 6.01. The summed E-state index contributed by atoms with van der Waals surface area (Å²) in [4.78, 5) is 0. The molecule has 0 aliphatic rings. The molecule has 0 saturated carbocycles. The standard InChI is InChI=1S/C13H18O2/c1-10(2)11-3-5-12(6-4-11)13(9-15)7-8-14/h3-6,13-15H,1,7-9H2,2H3. The van der Waals surface area contributed by atoms with Gasteiger partial charge in [-0.15, -0.1) is 0 Å². The van der Waals surface area contributed by atoms with Crippen LogP contribution in [0.5, 0.6) is 0 Å². The third-order valence-corrected chi connectivity index (χ3v) is 2.57. The molecule has 0 bridgehead atoms. The van der Waals surface area contributed by atoms with E-state index < -0.39 is 0 Å². The molecule has 0 amide bonds. The predicted octanol–water partition coefficient (Wildman–Crippen LogP) is 2.18. The maximum atomic E-state index is 9.16. The van der Waals surface area contributed by atoms with Crippen LogP contribution in [0.25, 0.3) is 5.57 Å². The first kappa shape index (κ1) is 12.0. The molecule has 1 aromatic rings. The minimum Gasteiger partial charge on any atom is -0.396 e. The van der Waals surface area contributed by atoms with Crippen LogP contribution in [0.3, 0.4) is 0 Å². The summed E-state index contributed by atoms with van der Waals surface area (Å²) in [5, 5.41) is 18.0. The van der Waals surface area contributed by atoms with Crippen molar-refractivity contribution in [2.75, 3.05) is 13.2 Å². The van der Waals surface area contributed by atoms with Crippen molar-refractivity contribution >= 4 is 5.57 Å². The fraction of sp³-hybridized carbons (Fsp3) is 0.385. The minimum atomic E-state index is 0.0363. The lowest BCUT2D eigenvalue weighted by molar-refractivity contribution is 0.220. The van der Waals surface area contributed by atoms with Gasteiger partial charge < -0.3 is 10.2 Å². The minimum absolute atomic E-state index is 0.0363. The van der Waals surface area contributed by atoms with Gasteiger partial charge in [-0.2, -0.15) is 0 Å². The molecule has 0 aliphatic heterocycles. The highest BCUT2D eigenvalue weighted by atomic mass is 16.3. The van der Waals surface area contributed by atoms with Gasteiger partial charge in [0.15, 0.2) is 0 Å². The molecule has 0 aliphatic carbocycles. The lowest BCUT2D eigenvalue weighted by Crippen LogP contribution is -2.06. The number of benzene rings is 1. The summed E-state index contributed by atoms with van der Waals surface area (Å²) >= 11 is 0. The van der Waals surface area contributed by atoms with Crippen LogP contribution in [-0.4, -0.2) is 23.4 Å². The first-order chi connectivity index (χ1) is 7.19. The van der Waals surface area contributed by atoms with Gasteiger partial charge in [-0.25, -0.2) is 0 Å². The zero-order chi connectivity index (χ0) is 11.3. The van der Waals surface area contributed by atoms with E-state index in [9.17, 15) is 0 Å². The van der Waals surface area contributed by atoms with Crippen molar-refractivity contribution in [3.63, 3.8) is 0 Å². The van der Waals surface area contributed by atoms with E-state index in [0.717, 1.165) is 16.7 Å². The molecule has 2 heteroatoms. The fourth-order valence-electron chi connectivity index (χ4n) is 1.56. The monoisotopic (exact) mass is 206 g/mol. The number of rotatable bonds is 5. The molecule has 0 spiro atoms. The number of hydrogen-bond donors (Lipinski definition) is 2. The van der Waals surface area contributed by atoms with Gasteiger partial charge in [-0.1, -0.05) is 36.4 Å². The molecule has 0 fully saturated rings. The summed E-state index contributed by atoms with van der Waals surface area (Å²) in [6, 6.07) is 7.97. The average Bonchev–Trinajstić information content (AvgIpc) is 2.26. The van der Waals surface area contributed by atoms with Crippen LogP contribution >= 0.6 is 0 Å². The first-order valence-corrected chi connectivity index (χ1v) is 5.16. The van der Waals surface area contributed by atoms with Crippen LogP contribution in [0.4, 0.5) is 0 Å². The van der Waals surface area contributed by atoms with E-state index in [1.165, 1.54) is 0 Å². The SMILES string of the molecule is C=C(C)c1ccc(C(CO)CCO)cc1. The van der Waals surface area contributed by atoms with Crippen LogP contribution in [0.1, 0.15) is 30.4 Å². The van der Waals surface area contributed by atoms with Gasteiger partial charge >= 0.3 is 0 Å². The Morgan fingerprint density at radius 3 is 2.27 bits per heavy atom. The van der Waals surface area contributed by atoms with Crippen LogP contribution in [-0.2, 0) is 0 Å². The number of allylic oxidation sites excluding steroid dienone is 1. The summed E-state index contributed by atoms with van der Waals surface area (Å²) in [5.41, 5.74) is 3.21. The second kappa shape index (κ2) is 5.69. The Hall–Kier alpha value is -1.12. The van der Waals surface area contributed by atoms with Gasteiger partial charge in [0.1, 0.15) is 0 Å². The Bertz CT molecular complexity index is 314. The largest absolute Gasteiger partial charge is 0.396 e. The maximum Gasteiger partial charge on any atom is 0.0500 e. The zero-order valence-electron chi connectivity index (χ0n) is 9.11. The van der Waals surface area contributed by atoms with Crippen molar-refractivity contribution in [2.24, 2.45) is 0 Å². The number of aliphatic hydroxyl groups excluding tert-OH is 2. The summed E-state index contributed by atoms with van der Waals surface area (Å²) in [6.07, 6.45) is 0.600. The highest BCUT2D eigenvalue weighted by molar-refractivity contribution is 5.61. The third kappa shape index (κ3) is 3.18. The van der Waals surface area contributed by atoms with E-state index in [1.54, 1.807) is 0 Å². The molecule has 0 aromatic heterocycles. The molecule has 2 nitrogen and oxygen atoms in total. The Morgan fingerprint density at radius 1 is 1.27 bits per heavy atom. The second-order valence-corrected chi connectivity index (χ2v) is 3.79. The maximum absolute atomic E-state index is 9.16. The van der Waals surface area contributed by atoms with Gasteiger partial charge in [0.2, 0.25) is 0 Å². The summed E-state index contributed by atoms with van der Waals surface area (Å²) < 4.78 is 0. The van der Waals surface area contributed by atoms with E-state index in [4.69, 9.17) is 10.2 Å². The fourth-order valence-corrected chi connectivity index (χ4v) is 1.56. The molecule has 15 heavy (non-hydrogen) atoms. The molecule has 1 aromatic carbocycles. The molecular weight excluding hydrogens is 188 g/mol. The molecule has 0 heterocycles. The van der Waals surface area contributed by atoms with Crippen molar-refractivity contribution in [2.45, 2.75) is 19.3 Å². The Morgan fingerprint density at radius 2 is 1.87 bits per heavy atom. The topological polar surface area (TPSA) is 40.5 Å². The van der Waals surface area contributed by atoms with Gasteiger partial charge in [0, 0.05) is 12.5 Å². The van der Waals surface area contributed by atoms with E-state index in [2.05, 4.69) is 6.58 Å². The van der Waals surface area contributed by atoms with E-state index in [0.29, 0.717) is 6.42 Å². The van der Waals surface area contributed by atoms with Crippen LogP contribution in [0, 0.1) is 0 Å². The van der Waals surface area contributed by atoms with E-state index >= 15 is 0 Å². The van der Waals surface area contributed by atoms with Crippen molar-refractivity contribution in [1.82, 2.24) is 0 Å². The first-order valence-electron chi connectivity index (χ1n) is 5.16. The number of aliphatic hydroxyl groups is 2. The highest BCUT2D eigenvalue weighted by Gasteiger charge is 2.09. The molecule has 1 unspecified atom stereocenters. The van der Waals surface area contributed by atoms with Crippen molar-refractivity contribution in [3.05, 3.63) is 42.0 Å². The Kier molecular flexibility index (Phi) is 4.53. The van der Waals surface area contributed by atoms with E-state index in [-0.39, 0.29) is 19.1 Å². The molecule has 1 atom stereocenters. The third-order valence-electron chi connectivity index (χ3n) is 2.57. The lowest BCUT2D eigenvalue weighted by atomic mass is 9.95. The highest BCUT2D eigenvalue weighted by Crippen LogP contribution is 2.21. The Labute approximate surface area is 90.9 Å². The van der Waals surface area contributed by atoms with Crippen LogP contribution in [0.2, 0.25) is 0 Å². The molecule has 1 rings (SSSR count). The quantitative estimate of drug-likeness (QED) is 0.775. The van der Waals surface area contributed by atoms with Crippen molar-refractivity contribution in [1.29, 1.82) is 0 Å². The summed E-state index contributed by atoms with van der Waals surface area (Å²) in [7, 11) is 0. The molecule has 2 N–H and O–H groups in total. The van der Waals surface area contributed by atoms with Gasteiger partial charge in [0.05, 0.1) is 6.61 Å². The van der Waals surface area contributed by atoms with Crippen molar-refractivity contribution in [3.8, 4) is 0 Å². The van der Waals surface area contributed by atoms with Gasteiger partial charge in [-0.3, -0.25) is 0 Å².